The van der Waals surface area contributed by atoms with E-state index >= 15 is 0 Å². The number of esters is 1. The maximum absolute atomic E-state index is 11.9. The van der Waals surface area contributed by atoms with E-state index in [2.05, 4.69) is 25.7 Å². The van der Waals surface area contributed by atoms with Crippen LogP contribution in [0.25, 0.3) is 0 Å². The fourth-order valence-corrected chi connectivity index (χ4v) is 3.77. The van der Waals surface area contributed by atoms with Crippen LogP contribution in [-0.4, -0.2) is 36.1 Å². The van der Waals surface area contributed by atoms with Gasteiger partial charge in [-0.3, -0.25) is 9.59 Å². The van der Waals surface area contributed by atoms with Gasteiger partial charge in [0.15, 0.2) is 6.29 Å². The van der Waals surface area contributed by atoms with Crippen molar-refractivity contribution in [2.24, 2.45) is 5.92 Å². The van der Waals surface area contributed by atoms with Gasteiger partial charge in [-0.2, -0.15) is 0 Å². The van der Waals surface area contributed by atoms with Crippen molar-refractivity contribution in [2.45, 2.75) is 65.3 Å². The van der Waals surface area contributed by atoms with E-state index in [4.69, 9.17) is 4.74 Å². The Morgan fingerprint density at radius 3 is 2.73 bits per heavy atom. The fourth-order valence-electron chi connectivity index (χ4n) is 3.77. The molecule has 0 saturated carbocycles. The number of aromatic hydroxyl groups is 1. The highest BCUT2D eigenvalue weighted by molar-refractivity contribution is 5.82. The Hall–Kier alpha value is -2.04. The Morgan fingerprint density at radius 1 is 1.42 bits per heavy atom. The number of carbonyl (C=O) groups excluding carboxylic acids is 2. The molecule has 1 aromatic rings. The molecular formula is C21H31NO4. The molecule has 0 saturated heterocycles. The van der Waals surface area contributed by atoms with Crippen molar-refractivity contribution in [3.05, 3.63) is 23.3 Å². The Morgan fingerprint density at radius 2 is 2.12 bits per heavy atom. The van der Waals surface area contributed by atoms with Gasteiger partial charge in [0.05, 0.1) is 12.2 Å². The molecule has 0 spiro atoms. The number of anilines is 1. The standard InChI is InChI=1S/C21H31NO4/c1-14(2)13-26-20(25)7-6-8-22-18-10-19(24)16(12-23)9-17(18)15(3)11-21(22,4)5/h9-10,12,14-15,24H,6-8,11,13H2,1-5H3. The third kappa shape index (κ3) is 4.57. The minimum Gasteiger partial charge on any atom is -0.507 e. The van der Waals surface area contributed by atoms with Crippen molar-refractivity contribution >= 4 is 17.9 Å². The van der Waals surface area contributed by atoms with Crippen molar-refractivity contribution in [1.82, 2.24) is 0 Å². The largest absolute Gasteiger partial charge is 0.507 e. The molecule has 0 aromatic heterocycles. The third-order valence-electron chi connectivity index (χ3n) is 5.00. The molecule has 1 atom stereocenters. The summed E-state index contributed by atoms with van der Waals surface area (Å²) in [5, 5.41) is 10.1. The van der Waals surface area contributed by atoms with Crippen LogP contribution >= 0.6 is 0 Å². The van der Waals surface area contributed by atoms with Gasteiger partial charge in [-0.05, 0) is 50.2 Å². The Bertz CT molecular complexity index is 666. The van der Waals surface area contributed by atoms with E-state index < -0.39 is 0 Å². The molecule has 2 rings (SSSR count). The van der Waals surface area contributed by atoms with Crippen molar-refractivity contribution in [3.8, 4) is 5.75 Å². The molecular weight excluding hydrogens is 330 g/mol. The predicted molar refractivity (Wildman–Crippen MR) is 103 cm³/mol. The van der Waals surface area contributed by atoms with Gasteiger partial charge in [0.1, 0.15) is 5.75 Å². The number of aldehydes is 1. The molecule has 0 amide bonds. The maximum Gasteiger partial charge on any atom is 0.305 e. The molecule has 0 fully saturated rings. The highest BCUT2D eigenvalue weighted by Crippen LogP contribution is 2.45. The summed E-state index contributed by atoms with van der Waals surface area (Å²) in [6.45, 7) is 11.7. The molecule has 5 nitrogen and oxygen atoms in total. The number of ether oxygens (including phenoxy) is 1. The van der Waals surface area contributed by atoms with Crippen LogP contribution in [0.2, 0.25) is 0 Å². The van der Waals surface area contributed by atoms with E-state index in [1.165, 1.54) is 0 Å². The monoisotopic (exact) mass is 361 g/mol. The molecule has 1 N–H and O–H groups in total. The first-order valence-electron chi connectivity index (χ1n) is 9.41. The van der Waals surface area contributed by atoms with Gasteiger partial charge >= 0.3 is 5.97 Å². The summed E-state index contributed by atoms with van der Waals surface area (Å²) in [6, 6.07) is 3.48. The average molecular weight is 361 g/mol. The smallest absolute Gasteiger partial charge is 0.305 e. The van der Waals surface area contributed by atoms with Gasteiger partial charge in [-0.1, -0.05) is 20.8 Å². The summed E-state index contributed by atoms with van der Waals surface area (Å²) in [4.78, 5) is 25.3. The Labute approximate surface area is 156 Å². The summed E-state index contributed by atoms with van der Waals surface area (Å²) in [6.07, 6.45) is 2.70. The summed E-state index contributed by atoms with van der Waals surface area (Å²) in [5.74, 6) is 0.473. The highest BCUT2D eigenvalue weighted by atomic mass is 16.5. The zero-order chi connectivity index (χ0) is 19.5. The quantitative estimate of drug-likeness (QED) is 0.580. The number of benzene rings is 1. The van der Waals surface area contributed by atoms with Gasteiger partial charge in [0.2, 0.25) is 0 Å². The first-order valence-corrected chi connectivity index (χ1v) is 9.41. The summed E-state index contributed by atoms with van der Waals surface area (Å²) in [7, 11) is 0. The maximum atomic E-state index is 11.9. The van der Waals surface area contributed by atoms with Crippen LogP contribution in [0.1, 0.15) is 75.7 Å². The number of phenols is 1. The number of hydrogen-bond acceptors (Lipinski definition) is 5. The van der Waals surface area contributed by atoms with E-state index in [1.54, 1.807) is 12.1 Å². The average Bonchev–Trinajstić information content (AvgIpc) is 2.55. The molecule has 0 aliphatic carbocycles. The summed E-state index contributed by atoms with van der Waals surface area (Å²) < 4.78 is 5.24. The molecule has 1 unspecified atom stereocenters. The van der Waals surface area contributed by atoms with E-state index in [0.29, 0.717) is 49.7 Å². The van der Waals surface area contributed by atoms with Crippen molar-refractivity contribution in [2.75, 3.05) is 18.1 Å². The second kappa shape index (κ2) is 8.11. The van der Waals surface area contributed by atoms with Crippen molar-refractivity contribution in [1.29, 1.82) is 0 Å². The number of carbonyl (C=O) groups is 2. The van der Waals surface area contributed by atoms with E-state index in [9.17, 15) is 14.7 Å². The normalized spacial score (nSPS) is 18.5. The number of phenolic OH excluding ortho intramolecular Hbond substituents is 1. The molecule has 144 valence electrons. The lowest BCUT2D eigenvalue weighted by molar-refractivity contribution is -0.144. The number of rotatable bonds is 7. The molecule has 1 aliphatic heterocycles. The molecule has 5 heteroatoms. The lowest BCUT2D eigenvalue weighted by Gasteiger charge is -2.47. The summed E-state index contributed by atoms with van der Waals surface area (Å²) in [5.41, 5.74) is 2.26. The van der Waals surface area contributed by atoms with Crippen LogP contribution in [0.15, 0.2) is 12.1 Å². The van der Waals surface area contributed by atoms with Gasteiger partial charge < -0.3 is 14.7 Å². The number of nitrogens with zero attached hydrogens (tertiary/aromatic N) is 1. The van der Waals surface area contributed by atoms with Crippen LogP contribution in [-0.2, 0) is 9.53 Å². The Balaban J connectivity index is 2.14. The fraction of sp³-hybridized carbons (Fsp3) is 0.619. The first kappa shape index (κ1) is 20.3. The van der Waals surface area contributed by atoms with Crippen molar-refractivity contribution < 1.29 is 19.4 Å². The van der Waals surface area contributed by atoms with Gasteiger partial charge in [0.25, 0.3) is 0 Å². The zero-order valence-corrected chi connectivity index (χ0v) is 16.5. The van der Waals surface area contributed by atoms with E-state index in [-0.39, 0.29) is 17.3 Å². The lowest BCUT2D eigenvalue weighted by Crippen LogP contribution is -2.48. The third-order valence-corrected chi connectivity index (χ3v) is 5.00. The molecule has 1 aliphatic rings. The molecule has 1 heterocycles. The van der Waals surface area contributed by atoms with Crippen LogP contribution < -0.4 is 4.90 Å². The van der Waals surface area contributed by atoms with Gasteiger partial charge in [-0.25, -0.2) is 0 Å². The topological polar surface area (TPSA) is 66.8 Å². The van der Waals surface area contributed by atoms with Crippen LogP contribution in [0, 0.1) is 5.92 Å². The second-order valence-corrected chi connectivity index (χ2v) is 8.34. The SMILES string of the molecule is CC(C)COC(=O)CCCN1c2cc(O)c(C=O)cc2C(C)CC1(C)C. The van der Waals surface area contributed by atoms with E-state index in [0.717, 1.165) is 17.7 Å². The minimum absolute atomic E-state index is 0.00462. The minimum atomic E-state index is -0.166. The number of fused-ring (bicyclic) bond motifs is 1. The number of hydrogen-bond donors (Lipinski definition) is 1. The molecule has 0 radical (unpaired) electrons. The van der Waals surface area contributed by atoms with Crippen LogP contribution in [0.3, 0.4) is 0 Å². The van der Waals surface area contributed by atoms with Crippen molar-refractivity contribution in [3.63, 3.8) is 0 Å². The Kier molecular flexibility index (Phi) is 6.32. The first-order chi connectivity index (χ1) is 12.2. The second-order valence-electron chi connectivity index (χ2n) is 8.34. The molecule has 1 aromatic carbocycles. The lowest BCUT2D eigenvalue weighted by atomic mass is 9.79. The van der Waals surface area contributed by atoms with Gasteiger partial charge in [-0.15, -0.1) is 0 Å². The molecule has 26 heavy (non-hydrogen) atoms. The molecule has 0 bridgehead atoms. The van der Waals surface area contributed by atoms with Gasteiger partial charge in [0, 0.05) is 30.3 Å². The zero-order valence-electron chi connectivity index (χ0n) is 16.5. The van der Waals surface area contributed by atoms with Crippen LogP contribution in [0.5, 0.6) is 5.75 Å². The summed E-state index contributed by atoms with van der Waals surface area (Å²) >= 11 is 0. The predicted octanol–water partition coefficient (Wildman–Crippen LogP) is 4.28. The highest BCUT2D eigenvalue weighted by Gasteiger charge is 2.36. The van der Waals surface area contributed by atoms with Crippen LogP contribution in [0.4, 0.5) is 5.69 Å². The van der Waals surface area contributed by atoms with E-state index in [1.807, 2.05) is 13.8 Å².